The van der Waals surface area contributed by atoms with Gasteiger partial charge in [0.25, 0.3) is 0 Å². The van der Waals surface area contributed by atoms with Gasteiger partial charge >= 0.3 is 59.1 Å². The second-order valence-electron chi connectivity index (χ2n) is 12.0. The van der Waals surface area contributed by atoms with Gasteiger partial charge in [0.05, 0.1) is 14.7 Å². The largest absolute Gasteiger partial charge is 1.00 e. The topological polar surface area (TPSA) is 178 Å². The Morgan fingerprint density at radius 2 is 1.17 bits per heavy atom. The van der Waals surface area contributed by atoms with Crippen LogP contribution in [0.4, 0.5) is 5.69 Å². The molecule has 1 aliphatic carbocycles. The van der Waals surface area contributed by atoms with E-state index < -0.39 is 30.4 Å². The number of hydrogen-bond acceptors (Lipinski definition) is 10. The molecule has 5 rings (SSSR count). The summed E-state index contributed by atoms with van der Waals surface area (Å²) in [6.45, 7) is 1.02. The number of anilines is 1. The summed E-state index contributed by atoms with van der Waals surface area (Å²) < 4.78 is 108. The van der Waals surface area contributed by atoms with E-state index in [1.54, 1.807) is 24.3 Å². The van der Waals surface area contributed by atoms with Crippen LogP contribution in [0.3, 0.4) is 0 Å². The van der Waals surface area contributed by atoms with Crippen molar-refractivity contribution < 1.29 is 103 Å². The summed E-state index contributed by atoms with van der Waals surface area (Å²) in [5.74, 6) is 0. The summed E-state index contributed by atoms with van der Waals surface area (Å²) in [7, 11) is -10.2. The molecule has 0 radical (unpaired) electrons. The van der Waals surface area contributed by atoms with Crippen LogP contribution in [0.1, 0.15) is 22.3 Å². The number of likely N-dealkylation sites (N-methyl/N-ethyl adjacent to an activating group) is 2. The zero-order chi connectivity index (χ0) is 37.0. The van der Waals surface area contributed by atoms with Crippen LogP contribution in [-0.2, 0) is 43.2 Å². The van der Waals surface area contributed by atoms with Gasteiger partial charge in [-0.3, -0.25) is 0 Å². The van der Waals surface area contributed by atoms with Crippen LogP contribution in [0.15, 0.2) is 142 Å². The summed E-state index contributed by atoms with van der Waals surface area (Å²) >= 11 is 0. The third-order valence-corrected chi connectivity index (χ3v) is 11.0. The number of hydrogen-bond donors (Lipinski definition) is 0. The smallest absolute Gasteiger partial charge is 0.744 e. The normalized spacial score (nSPS) is 12.8. The van der Waals surface area contributed by atoms with Crippen LogP contribution in [0.2, 0.25) is 0 Å². The van der Waals surface area contributed by atoms with E-state index in [0.29, 0.717) is 53.8 Å². The Kier molecular flexibility index (Phi) is 15.8. The molecule has 0 atom stereocenters. The number of nitrogens with zero attached hydrogens (tertiary/aromatic N) is 2. The Morgan fingerprint density at radius 3 is 1.70 bits per heavy atom. The summed E-state index contributed by atoms with van der Waals surface area (Å²) in [6, 6.07) is 25.2. The number of rotatable bonds is 12. The summed E-state index contributed by atoms with van der Waals surface area (Å²) in [4.78, 5) is 1.04. The van der Waals surface area contributed by atoms with E-state index in [4.69, 9.17) is 0 Å². The third-order valence-electron chi connectivity index (χ3n) is 8.47. The molecule has 0 amide bonds. The van der Waals surface area contributed by atoms with Gasteiger partial charge < -0.3 is 18.6 Å². The molecule has 0 saturated heterocycles. The molecule has 0 saturated carbocycles. The van der Waals surface area contributed by atoms with Gasteiger partial charge in [0, 0.05) is 43.4 Å². The maximum atomic E-state index is 12.4. The van der Waals surface area contributed by atoms with E-state index in [0.717, 1.165) is 11.4 Å². The first kappa shape index (κ1) is 44.7. The number of allylic oxidation sites excluding steroid dienone is 5. The molecule has 0 aliphatic heterocycles. The van der Waals surface area contributed by atoms with Crippen LogP contribution in [-0.4, -0.2) is 76.4 Å². The van der Waals surface area contributed by atoms with Crippen LogP contribution in [0.25, 0.3) is 5.57 Å². The average molecular weight is 793 g/mol. The van der Waals surface area contributed by atoms with Gasteiger partial charge in [-0.05, 0) is 88.9 Å². The molecule has 0 fully saturated rings. The minimum absolute atomic E-state index is 0. The molecule has 0 bridgehead atoms. The molecule has 11 nitrogen and oxygen atoms in total. The molecule has 16 heteroatoms. The predicted octanol–water partition coefficient (Wildman–Crippen LogP) is -1.66. The fraction of sp³-hybridized carbons (Fsp3) is 0.162. The molecule has 0 aromatic heterocycles. The SMILES string of the molecule is CN(CCc1cccc(S(=O)(=O)[O-])c1)c1ccc(C(=C2C=CC(=[N+](C)CCc3cccc(S(=O)(=O)[O-])c3)C=C2)c2ccccc2S(=O)(=O)[O-])cc1.[Na+].[Na+]. The zero-order valence-corrected chi connectivity index (χ0v) is 36.1. The first-order chi connectivity index (χ1) is 24.0. The van der Waals surface area contributed by atoms with E-state index in [1.165, 1.54) is 48.5 Å². The molecular weight excluding hydrogens is 759 g/mol. The Morgan fingerprint density at radius 1 is 0.642 bits per heavy atom. The van der Waals surface area contributed by atoms with Crippen molar-refractivity contribution in [3.8, 4) is 0 Å². The molecule has 0 heterocycles. The van der Waals surface area contributed by atoms with Crippen molar-refractivity contribution in [2.75, 3.05) is 32.1 Å². The van der Waals surface area contributed by atoms with Crippen LogP contribution in [0.5, 0.6) is 0 Å². The zero-order valence-electron chi connectivity index (χ0n) is 29.7. The summed E-state index contributed by atoms with van der Waals surface area (Å²) in [6.07, 6.45) is 8.33. The van der Waals surface area contributed by atoms with Crippen LogP contribution in [0, 0.1) is 0 Å². The third kappa shape index (κ3) is 11.9. The molecular formula is C37H34N2Na2O9S3. The van der Waals surface area contributed by atoms with Crippen molar-refractivity contribution in [1.82, 2.24) is 0 Å². The maximum absolute atomic E-state index is 12.4. The van der Waals surface area contributed by atoms with Gasteiger partial charge in [0.15, 0.2) is 5.71 Å². The molecule has 0 unspecified atom stereocenters. The molecule has 0 N–H and O–H groups in total. The summed E-state index contributed by atoms with van der Waals surface area (Å²) in [5, 5.41) is 0. The van der Waals surface area contributed by atoms with Crippen molar-refractivity contribution in [2.24, 2.45) is 0 Å². The fourth-order valence-corrected chi connectivity index (χ4v) is 7.47. The van der Waals surface area contributed by atoms with Crippen molar-refractivity contribution in [2.45, 2.75) is 27.5 Å². The first-order valence-corrected chi connectivity index (χ1v) is 19.9. The van der Waals surface area contributed by atoms with E-state index in [-0.39, 0.29) is 79.4 Å². The standard InChI is InChI=1S/C37H36N2O9S3.2Na/c1-38(23-21-27-7-5-9-33(25-27)49(40,41)42)31-17-13-29(14-18-31)37(35-11-3-4-12-36(35)51(46,47)48)30-15-19-32(20-16-30)39(2)24-22-28-8-6-10-34(26-28)50(43,44)45;;/h3-20,25-26H,21-24H2,1-2H3,(H2-,40,41,42,43,44,45,46,47,48);;/q;2*+1/p-2. The Balaban J connectivity index is 0.00000378. The Bertz CT molecular complexity index is 2410. The van der Waals surface area contributed by atoms with Crippen LogP contribution >= 0.6 is 0 Å². The minimum Gasteiger partial charge on any atom is -0.744 e. The van der Waals surface area contributed by atoms with Crippen molar-refractivity contribution in [1.29, 1.82) is 0 Å². The van der Waals surface area contributed by atoms with Crippen molar-refractivity contribution >= 4 is 47.3 Å². The van der Waals surface area contributed by atoms with Gasteiger partial charge in [0.1, 0.15) is 43.9 Å². The summed E-state index contributed by atoms with van der Waals surface area (Å²) in [5.41, 5.74) is 5.13. The maximum Gasteiger partial charge on any atom is 1.00 e. The molecule has 1 aliphatic rings. The Hall–Kier alpha value is -2.70. The first-order valence-electron chi connectivity index (χ1n) is 15.7. The quantitative estimate of drug-likeness (QED) is 0.0917. The van der Waals surface area contributed by atoms with Gasteiger partial charge in [-0.15, -0.1) is 0 Å². The predicted molar refractivity (Wildman–Crippen MR) is 191 cm³/mol. The molecule has 4 aromatic rings. The second-order valence-corrected chi connectivity index (χ2v) is 16.1. The van der Waals surface area contributed by atoms with E-state index in [1.807, 2.05) is 72.1 Å². The van der Waals surface area contributed by atoms with Gasteiger partial charge in [-0.2, -0.15) is 0 Å². The fourth-order valence-electron chi connectivity index (χ4n) is 5.70. The minimum atomic E-state index is -4.83. The Labute approximate surface area is 355 Å². The second kappa shape index (κ2) is 18.8. The van der Waals surface area contributed by atoms with Gasteiger partial charge in [-0.1, -0.05) is 54.6 Å². The molecule has 53 heavy (non-hydrogen) atoms. The van der Waals surface area contributed by atoms with E-state index in [9.17, 15) is 38.9 Å². The van der Waals surface area contributed by atoms with Crippen molar-refractivity contribution in [3.63, 3.8) is 0 Å². The average Bonchev–Trinajstić information content (AvgIpc) is 3.09. The number of benzene rings is 4. The van der Waals surface area contributed by atoms with E-state index >= 15 is 0 Å². The molecule has 0 spiro atoms. The van der Waals surface area contributed by atoms with E-state index in [2.05, 4.69) is 0 Å². The van der Waals surface area contributed by atoms with Crippen molar-refractivity contribution in [3.05, 3.63) is 149 Å². The molecule has 4 aromatic carbocycles. The monoisotopic (exact) mass is 792 g/mol. The van der Waals surface area contributed by atoms with Gasteiger partial charge in [0.2, 0.25) is 0 Å². The molecule has 266 valence electrons. The van der Waals surface area contributed by atoms with Gasteiger partial charge in [-0.25, -0.2) is 29.8 Å². The van der Waals surface area contributed by atoms with Crippen LogP contribution < -0.4 is 64.0 Å².